The molecule has 0 saturated carbocycles. The van der Waals surface area contributed by atoms with Gasteiger partial charge >= 0.3 is 24.3 Å². The largest absolute Gasteiger partial charge is 0.468 e. The Kier molecular flexibility index (Phi) is 15.6. The van der Waals surface area contributed by atoms with Crippen molar-refractivity contribution in [1.29, 1.82) is 0 Å². The summed E-state index contributed by atoms with van der Waals surface area (Å²) in [4.78, 5) is 21.7. The van der Waals surface area contributed by atoms with Crippen molar-refractivity contribution in [1.82, 2.24) is 9.62 Å². The maximum Gasteiger partial charge on any atom is 0.416 e. The number of methoxy groups -OCH3 is 2. The van der Waals surface area contributed by atoms with E-state index in [0.29, 0.717) is 37.2 Å². The number of nitrogens with zero attached hydrogens (tertiary/aromatic N) is 1. The third-order valence-corrected chi connectivity index (χ3v) is 9.81. The standard InChI is InChI=1S/C13H14F3NO5S.C7H4ClF3O2S.C6H11NO3.ClH/c1-22-12(19)11-6-9(18)7-17(11)23(20,21)10-4-2-8(3-5-10)13(14,15)16;8-14(12,13)6-3-1-5(2-4-6)7(9,10)11;1-10-6(9)5-2-4(8)3-7-5;/h2-5,9,11,18H,6-7H2,1H3;1-4H;4-5,7-8H,2-3H2,1H3;1H/t9-,11+;;4-,5+;/m1.1./s1. The van der Waals surface area contributed by atoms with E-state index in [4.69, 9.17) is 15.8 Å². The van der Waals surface area contributed by atoms with Crippen molar-refractivity contribution in [3.63, 3.8) is 0 Å². The third-order valence-electron chi connectivity index (χ3n) is 6.55. The first-order valence-electron chi connectivity index (χ1n) is 13.1. The van der Waals surface area contributed by atoms with E-state index in [0.717, 1.165) is 35.7 Å². The highest BCUT2D eigenvalue weighted by molar-refractivity contribution is 8.13. The number of carbonyl (C=O) groups is 2. The molecule has 0 amide bonds. The van der Waals surface area contributed by atoms with Gasteiger partial charge in [0.1, 0.15) is 12.1 Å². The van der Waals surface area contributed by atoms with E-state index < -0.39 is 71.7 Å². The van der Waals surface area contributed by atoms with Crippen LogP contribution < -0.4 is 5.32 Å². The molecule has 272 valence electrons. The van der Waals surface area contributed by atoms with Crippen LogP contribution in [0.5, 0.6) is 0 Å². The summed E-state index contributed by atoms with van der Waals surface area (Å²) in [6.07, 6.45) is -10.2. The van der Waals surface area contributed by atoms with Crippen LogP contribution in [0.15, 0.2) is 58.3 Å². The van der Waals surface area contributed by atoms with Crippen molar-refractivity contribution in [3.8, 4) is 0 Å². The van der Waals surface area contributed by atoms with Gasteiger partial charge in [0, 0.05) is 36.6 Å². The maximum atomic E-state index is 12.5. The quantitative estimate of drug-likeness (QED) is 0.231. The van der Waals surface area contributed by atoms with Gasteiger partial charge in [-0.3, -0.25) is 9.59 Å². The molecule has 0 spiro atoms. The molecular weight excluding hydrogens is 749 g/mol. The van der Waals surface area contributed by atoms with Crippen LogP contribution in [-0.2, 0) is 50.5 Å². The van der Waals surface area contributed by atoms with Gasteiger partial charge in [-0.05, 0) is 48.5 Å². The van der Waals surface area contributed by atoms with Crippen molar-refractivity contribution >= 4 is 54.1 Å². The van der Waals surface area contributed by atoms with Gasteiger partial charge in [0.15, 0.2) is 0 Å². The zero-order chi connectivity index (χ0) is 36.0. The molecule has 0 radical (unpaired) electrons. The Morgan fingerprint density at radius 3 is 1.58 bits per heavy atom. The summed E-state index contributed by atoms with van der Waals surface area (Å²) >= 11 is 0. The molecule has 2 heterocycles. The van der Waals surface area contributed by atoms with E-state index in [2.05, 4.69) is 14.8 Å². The van der Waals surface area contributed by atoms with E-state index in [-0.39, 0.29) is 42.3 Å². The van der Waals surface area contributed by atoms with Crippen LogP contribution in [0.2, 0.25) is 0 Å². The number of alkyl halides is 6. The fourth-order valence-electron chi connectivity index (χ4n) is 4.20. The van der Waals surface area contributed by atoms with Gasteiger partial charge < -0.3 is 25.0 Å². The molecule has 2 saturated heterocycles. The number of nitrogens with one attached hydrogen (secondary N) is 1. The Morgan fingerprint density at radius 2 is 1.23 bits per heavy atom. The van der Waals surface area contributed by atoms with Crippen molar-refractivity contribution < 1.29 is 72.5 Å². The van der Waals surface area contributed by atoms with Crippen LogP contribution in [0.4, 0.5) is 26.3 Å². The molecule has 2 aromatic rings. The molecule has 0 unspecified atom stereocenters. The number of rotatable bonds is 5. The van der Waals surface area contributed by atoms with Crippen molar-refractivity contribution in [2.75, 3.05) is 27.3 Å². The Balaban J connectivity index is 0.000000392. The van der Waals surface area contributed by atoms with Gasteiger partial charge in [0.05, 0.1) is 47.3 Å². The highest BCUT2D eigenvalue weighted by Crippen LogP contribution is 2.32. The second-order valence-electron chi connectivity index (χ2n) is 9.86. The molecule has 2 aliphatic heterocycles. The first kappa shape index (κ1) is 43.3. The molecule has 0 bridgehead atoms. The molecule has 2 fully saturated rings. The smallest absolute Gasteiger partial charge is 0.416 e. The molecule has 48 heavy (non-hydrogen) atoms. The summed E-state index contributed by atoms with van der Waals surface area (Å²) < 4.78 is 130. The highest BCUT2D eigenvalue weighted by Gasteiger charge is 2.44. The van der Waals surface area contributed by atoms with Crippen molar-refractivity contribution in [2.45, 2.75) is 59.3 Å². The molecule has 3 N–H and O–H groups in total. The number of ether oxygens (including phenoxy) is 2. The fourth-order valence-corrected chi connectivity index (χ4v) is 6.59. The summed E-state index contributed by atoms with van der Waals surface area (Å²) in [6.45, 7) is 0.156. The SMILES string of the molecule is COC(=O)[C@@H]1C[C@@H](O)CN1.COC(=O)[C@@H]1C[C@@H](O)CN1S(=O)(=O)c1ccc(C(F)(F)F)cc1.Cl.O=S(=O)(Cl)c1ccc(C(F)(F)F)cc1. The van der Waals surface area contributed by atoms with Gasteiger partial charge in [0.2, 0.25) is 10.0 Å². The Morgan fingerprint density at radius 1 is 0.792 bits per heavy atom. The minimum Gasteiger partial charge on any atom is -0.468 e. The third kappa shape index (κ3) is 12.0. The van der Waals surface area contributed by atoms with Gasteiger partial charge in [-0.25, -0.2) is 16.8 Å². The van der Waals surface area contributed by atoms with Crippen LogP contribution in [-0.4, -0.2) is 94.9 Å². The number of halogens is 8. The summed E-state index contributed by atoms with van der Waals surface area (Å²) in [5.41, 5.74) is -1.90. The van der Waals surface area contributed by atoms with E-state index >= 15 is 0 Å². The van der Waals surface area contributed by atoms with Crippen molar-refractivity contribution in [3.05, 3.63) is 59.7 Å². The molecule has 0 aliphatic carbocycles. The second-order valence-corrected chi connectivity index (χ2v) is 14.3. The number of esters is 2. The first-order chi connectivity index (χ1) is 21.5. The lowest BCUT2D eigenvalue weighted by Crippen LogP contribution is -2.41. The number of benzene rings is 2. The zero-order valence-electron chi connectivity index (χ0n) is 24.7. The Bertz CT molecular complexity index is 1590. The summed E-state index contributed by atoms with van der Waals surface area (Å²) in [5, 5.41) is 21.4. The second kappa shape index (κ2) is 17.3. The Labute approximate surface area is 281 Å². The summed E-state index contributed by atoms with van der Waals surface area (Å²) in [6, 6.07) is 4.36. The minimum atomic E-state index is -4.58. The normalized spacial score (nSPS) is 21.5. The maximum absolute atomic E-state index is 12.5. The fraction of sp³-hybridized carbons (Fsp3) is 0.462. The molecule has 22 heteroatoms. The first-order valence-corrected chi connectivity index (χ1v) is 16.8. The average molecular weight is 780 g/mol. The summed E-state index contributed by atoms with van der Waals surface area (Å²) in [5.74, 6) is -1.13. The lowest BCUT2D eigenvalue weighted by molar-refractivity contribution is -0.144. The van der Waals surface area contributed by atoms with Crippen LogP contribution in [0, 0.1) is 0 Å². The number of β-amino-alcohol motifs (C(OH)–C–C–N with tert-alkyl or cyclic N) is 2. The summed E-state index contributed by atoms with van der Waals surface area (Å²) in [7, 11) is -0.856. The number of carbonyl (C=O) groups excluding carboxylic acids is 2. The molecule has 0 aromatic heterocycles. The predicted octanol–water partition coefficient (Wildman–Crippen LogP) is 2.94. The van der Waals surface area contributed by atoms with Gasteiger partial charge in [0.25, 0.3) is 9.05 Å². The number of sulfonamides is 1. The van der Waals surface area contributed by atoms with Crippen LogP contribution >= 0.6 is 23.1 Å². The van der Waals surface area contributed by atoms with Gasteiger partial charge in [-0.15, -0.1) is 12.4 Å². The molecular formula is C26H30Cl2F6N2O10S2. The van der Waals surface area contributed by atoms with Crippen molar-refractivity contribution in [2.24, 2.45) is 0 Å². The average Bonchev–Trinajstić information content (AvgIpc) is 3.61. The lowest BCUT2D eigenvalue weighted by Gasteiger charge is -2.22. The van der Waals surface area contributed by atoms with E-state index in [1.54, 1.807) is 0 Å². The monoisotopic (exact) mass is 778 g/mol. The van der Waals surface area contributed by atoms with Crippen LogP contribution in [0.25, 0.3) is 0 Å². The number of aliphatic hydroxyl groups is 2. The molecule has 4 rings (SSSR count). The highest BCUT2D eigenvalue weighted by atomic mass is 35.7. The topological polar surface area (TPSA) is 177 Å². The molecule has 4 atom stereocenters. The van der Waals surface area contributed by atoms with E-state index in [9.17, 15) is 57.9 Å². The Hall–Kier alpha value is -2.72. The number of hydrogen-bond acceptors (Lipinski definition) is 11. The van der Waals surface area contributed by atoms with E-state index in [1.807, 2.05) is 0 Å². The molecule has 2 aromatic carbocycles. The van der Waals surface area contributed by atoms with Gasteiger partial charge in [-0.1, -0.05) is 0 Å². The number of aliphatic hydroxyl groups excluding tert-OH is 2. The molecule has 12 nitrogen and oxygen atoms in total. The molecule has 2 aliphatic rings. The number of hydrogen-bond donors (Lipinski definition) is 3. The lowest BCUT2D eigenvalue weighted by atomic mass is 10.2. The van der Waals surface area contributed by atoms with Crippen LogP contribution in [0.1, 0.15) is 24.0 Å². The zero-order valence-corrected chi connectivity index (χ0v) is 27.9. The minimum absolute atomic E-state index is 0. The predicted molar refractivity (Wildman–Crippen MR) is 158 cm³/mol. The van der Waals surface area contributed by atoms with Gasteiger partial charge in [-0.2, -0.15) is 30.6 Å². The van der Waals surface area contributed by atoms with E-state index in [1.165, 1.54) is 7.11 Å². The van der Waals surface area contributed by atoms with Crippen LogP contribution in [0.3, 0.4) is 0 Å².